The molecule has 1 amide bonds. The van der Waals surface area contributed by atoms with E-state index in [4.69, 9.17) is 9.16 Å². The zero-order chi connectivity index (χ0) is 19.9. The predicted molar refractivity (Wildman–Crippen MR) is 111 cm³/mol. The smallest absolute Gasteiger partial charge is 0.263 e. The summed E-state index contributed by atoms with van der Waals surface area (Å²) in [6, 6.07) is 10.0. The fraction of sp³-hybridized carbons (Fsp3) is 0.500. The van der Waals surface area contributed by atoms with Gasteiger partial charge in [-0.1, -0.05) is 63.8 Å². The molecule has 1 saturated heterocycles. The number of carbonyl (C=O) groups excluding carboxylic acids is 1. The van der Waals surface area contributed by atoms with Gasteiger partial charge in [-0.25, -0.2) is 0 Å². The molecule has 0 aromatic heterocycles. The van der Waals surface area contributed by atoms with Crippen molar-refractivity contribution in [3.8, 4) is 0 Å². The van der Waals surface area contributed by atoms with Crippen molar-refractivity contribution in [2.45, 2.75) is 57.2 Å². The third-order valence-corrected chi connectivity index (χ3v) is 10.5. The molecule has 1 aromatic carbocycles. The Balaban J connectivity index is 1.65. The Bertz CT molecular complexity index is 751. The van der Waals surface area contributed by atoms with Crippen LogP contribution < -0.4 is 0 Å². The van der Waals surface area contributed by atoms with Crippen molar-refractivity contribution in [1.82, 2.24) is 4.90 Å². The number of benzene rings is 1. The van der Waals surface area contributed by atoms with E-state index in [1.54, 1.807) is 0 Å². The van der Waals surface area contributed by atoms with Gasteiger partial charge in [0.15, 0.2) is 13.9 Å². The molecule has 0 bridgehead atoms. The van der Waals surface area contributed by atoms with E-state index in [1.807, 2.05) is 47.4 Å². The monoisotopic (exact) mass is 385 g/mol. The fourth-order valence-corrected chi connectivity index (χ4v) is 4.23. The predicted octanol–water partition coefficient (Wildman–Crippen LogP) is 4.30. The second kappa shape index (κ2) is 7.04. The molecule has 1 aromatic rings. The number of hydrogen-bond acceptors (Lipinski definition) is 3. The minimum absolute atomic E-state index is 0.0255. The Kier molecular flexibility index (Phi) is 5.23. The molecule has 5 heteroatoms. The standard InChI is InChI=1S/C22H31NO3Si/c1-17-14-23(15-18-10-8-7-9-11-18)20(24)22(17)13-12-19(26-22)16-25-27(5,6)21(2,3)4/h7-13,19H,1,14-16H2,2-6H3/t19-,22+/m0/s1. The lowest BCUT2D eigenvalue weighted by molar-refractivity contribution is -0.144. The second-order valence-corrected chi connectivity index (χ2v) is 13.9. The Morgan fingerprint density at radius 2 is 1.96 bits per heavy atom. The van der Waals surface area contributed by atoms with Gasteiger partial charge in [-0.2, -0.15) is 0 Å². The zero-order valence-corrected chi connectivity index (χ0v) is 18.1. The van der Waals surface area contributed by atoms with Crippen LogP contribution in [0.3, 0.4) is 0 Å². The lowest BCUT2D eigenvalue weighted by Gasteiger charge is -2.37. The quantitative estimate of drug-likeness (QED) is 0.560. The van der Waals surface area contributed by atoms with Gasteiger partial charge >= 0.3 is 0 Å². The molecular weight excluding hydrogens is 354 g/mol. The maximum atomic E-state index is 13.1. The fourth-order valence-electron chi connectivity index (χ4n) is 3.22. The van der Waals surface area contributed by atoms with Crippen LogP contribution in [0.5, 0.6) is 0 Å². The van der Waals surface area contributed by atoms with Crippen LogP contribution in [0.25, 0.3) is 0 Å². The van der Waals surface area contributed by atoms with E-state index < -0.39 is 13.9 Å². The average Bonchev–Trinajstić information content (AvgIpc) is 3.12. The van der Waals surface area contributed by atoms with Crippen molar-refractivity contribution in [3.05, 3.63) is 60.2 Å². The minimum atomic E-state index is -1.85. The molecule has 1 spiro atoms. The highest BCUT2D eigenvalue weighted by molar-refractivity contribution is 6.74. The molecule has 0 saturated carbocycles. The number of rotatable bonds is 5. The molecule has 2 heterocycles. The van der Waals surface area contributed by atoms with Crippen LogP contribution in [-0.2, 0) is 20.5 Å². The topological polar surface area (TPSA) is 38.8 Å². The summed E-state index contributed by atoms with van der Waals surface area (Å²) in [5.74, 6) is -0.0255. The number of hydrogen-bond donors (Lipinski definition) is 0. The Hall–Kier alpha value is -1.69. The zero-order valence-electron chi connectivity index (χ0n) is 17.1. The molecule has 1 fully saturated rings. The minimum Gasteiger partial charge on any atom is -0.414 e. The Labute approximate surface area is 164 Å². The van der Waals surface area contributed by atoms with E-state index in [1.165, 1.54) is 0 Å². The normalized spacial score (nSPS) is 25.8. The maximum Gasteiger partial charge on any atom is 0.263 e. The third kappa shape index (κ3) is 3.81. The number of carbonyl (C=O) groups is 1. The highest BCUT2D eigenvalue weighted by atomic mass is 28.4. The van der Waals surface area contributed by atoms with Gasteiger partial charge in [0.1, 0.15) is 6.10 Å². The van der Waals surface area contributed by atoms with Crippen molar-refractivity contribution in [3.63, 3.8) is 0 Å². The van der Waals surface area contributed by atoms with Crippen LogP contribution >= 0.6 is 0 Å². The first-order valence-corrected chi connectivity index (χ1v) is 12.5. The first-order chi connectivity index (χ1) is 12.6. The van der Waals surface area contributed by atoms with Crippen LogP contribution in [0.4, 0.5) is 0 Å². The van der Waals surface area contributed by atoms with Gasteiger partial charge in [0, 0.05) is 13.1 Å². The van der Waals surface area contributed by atoms with Gasteiger partial charge < -0.3 is 14.1 Å². The van der Waals surface area contributed by atoms with Crippen LogP contribution in [0.2, 0.25) is 18.1 Å². The van der Waals surface area contributed by atoms with Crippen molar-refractivity contribution in [2.24, 2.45) is 0 Å². The Morgan fingerprint density at radius 3 is 2.59 bits per heavy atom. The number of amides is 1. The van der Waals surface area contributed by atoms with Crippen molar-refractivity contribution in [1.29, 1.82) is 0 Å². The van der Waals surface area contributed by atoms with Crippen LogP contribution in [-0.4, -0.2) is 44.0 Å². The third-order valence-electron chi connectivity index (χ3n) is 6.03. The highest BCUT2D eigenvalue weighted by Gasteiger charge is 2.52. The summed E-state index contributed by atoms with van der Waals surface area (Å²) in [6.07, 6.45) is 3.63. The first-order valence-electron chi connectivity index (χ1n) is 9.58. The van der Waals surface area contributed by atoms with E-state index in [-0.39, 0.29) is 17.0 Å². The molecule has 0 unspecified atom stereocenters. The largest absolute Gasteiger partial charge is 0.414 e. The van der Waals surface area contributed by atoms with E-state index >= 15 is 0 Å². The van der Waals surface area contributed by atoms with Gasteiger partial charge in [0.2, 0.25) is 0 Å². The van der Waals surface area contributed by atoms with Crippen molar-refractivity contribution in [2.75, 3.05) is 13.2 Å². The SMILES string of the molecule is C=C1CN(Cc2ccccc2)C(=O)[C@@]12C=C[C@@H](CO[Si](C)(C)C(C)(C)C)O2. The van der Waals surface area contributed by atoms with Crippen molar-refractivity contribution >= 4 is 14.2 Å². The molecule has 2 atom stereocenters. The van der Waals surface area contributed by atoms with Gasteiger partial charge in [-0.3, -0.25) is 4.79 Å². The molecule has 146 valence electrons. The van der Waals surface area contributed by atoms with Crippen LogP contribution in [0.15, 0.2) is 54.6 Å². The number of ether oxygens (including phenoxy) is 1. The van der Waals surface area contributed by atoms with Crippen LogP contribution in [0.1, 0.15) is 26.3 Å². The summed E-state index contributed by atoms with van der Waals surface area (Å²) in [5, 5.41) is 0.145. The molecular formula is C22H31NO3Si. The summed E-state index contributed by atoms with van der Waals surface area (Å²) in [5.41, 5.74) is 0.890. The summed E-state index contributed by atoms with van der Waals surface area (Å²) < 4.78 is 12.5. The van der Waals surface area contributed by atoms with E-state index in [0.29, 0.717) is 19.7 Å². The lowest BCUT2D eigenvalue weighted by atomic mass is 9.98. The van der Waals surface area contributed by atoms with E-state index in [0.717, 1.165) is 11.1 Å². The molecule has 27 heavy (non-hydrogen) atoms. The van der Waals surface area contributed by atoms with Gasteiger partial charge in [0.05, 0.1) is 6.61 Å². The summed E-state index contributed by atoms with van der Waals surface area (Å²) in [7, 11) is -1.85. The average molecular weight is 386 g/mol. The molecule has 0 radical (unpaired) electrons. The molecule has 4 nitrogen and oxygen atoms in total. The number of likely N-dealkylation sites (tertiary alicyclic amines) is 1. The highest BCUT2D eigenvalue weighted by Crippen LogP contribution is 2.40. The summed E-state index contributed by atoms with van der Waals surface area (Å²) >= 11 is 0. The molecule has 2 aliphatic rings. The van der Waals surface area contributed by atoms with E-state index in [9.17, 15) is 4.79 Å². The second-order valence-electron chi connectivity index (χ2n) is 9.07. The molecule has 2 aliphatic heterocycles. The van der Waals surface area contributed by atoms with Gasteiger partial charge in [-0.05, 0) is 35.3 Å². The number of nitrogens with zero attached hydrogens (tertiary/aromatic N) is 1. The van der Waals surface area contributed by atoms with Gasteiger partial charge in [0.25, 0.3) is 5.91 Å². The molecule has 0 N–H and O–H groups in total. The van der Waals surface area contributed by atoms with Crippen LogP contribution in [0, 0.1) is 0 Å². The van der Waals surface area contributed by atoms with Crippen molar-refractivity contribution < 1.29 is 14.0 Å². The Morgan fingerprint density at radius 1 is 1.30 bits per heavy atom. The lowest BCUT2D eigenvalue weighted by Crippen LogP contribution is -2.44. The summed E-state index contributed by atoms with van der Waals surface area (Å²) in [6.45, 7) is 16.8. The summed E-state index contributed by atoms with van der Waals surface area (Å²) in [4.78, 5) is 14.9. The molecule has 3 rings (SSSR count). The van der Waals surface area contributed by atoms with E-state index in [2.05, 4.69) is 40.4 Å². The van der Waals surface area contributed by atoms with Gasteiger partial charge in [-0.15, -0.1) is 0 Å². The molecule has 0 aliphatic carbocycles. The first kappa shape index (κ1) is 20.1. The maximum absolute atomic E-state index is 13.1.